The van der Waals surface area contributed by atoms with Crippen molar-refractivity contribution in [2.75, 3.05) is 6.61 Å². The van der Waals surface area contributed by atoms with Crippen molar-refractivity contribution in [3.05, 3.63) is 29.8 Å². The van der Waals surface area contributed by atoms with Gasteiger partial charge in [0, 0.05) is 12.1 Å². The first-order valence-corrected chi connectivity index (χ1v) is 6.24. The largest absolute Gasteiger partial charge is 0.434 e. The van der Waals surface area contributed by atoms with Crippen LogP contribution in [0.15, 0.2) is 24.3 Å². The summed E-state index contributed by atoms with van der Waals surface area (Å²) < 4.78 is 28.8. The molecule has 3 N–H and O–H groups in total. The molecule has 1 atom stereocenters. The number of amides is 2. The fraction of sp³-hybridized carbons (Fsp3) is 0.462. The Hall–Kier alpha value is -1.89. The van der Waals surface area contributed by atoms with Crippen LogP contribution in [-0.2, 0) is 6.54 Å². The van der Waals surface area contributed by atoms with Crippen LogP contribution in [0.2, 0.25) is 0 Å². The molecular weight excluding hydrogens is 270 g/mol. The number of aliphatic hydroxyl groups is 1. The van der Waals surface area contributed by atoms with E-state index >= 15 is 0 Å². The molecular formula is C13H18F2N2O3. The summed E-state index contributed by atoms with van der Waals surface area (Å²) in [6.07, 6.45) is 0.592. The van der Waals surface area contributed by atoms with Crippen LogP contribution in [0.1, 0.15) is 18.9 Å². The summed E-state index contributed by atoms with van der Waals surface area (Å²) in [4.78, 5) is 11.6. The van der Waals surface area contributed by atoms with E-state index in [2.05, 4.69) is 15.4 Å². The average Bonchev–Trinajstić information content (AvgIpc) is 2.43. The van der Waals surface area contributed by atoms with Gasteiger partial charge in [-0.25, -0.2) is 4.79 Å². The van der Waals surface area contributed by atoms with Crippen molar-refractivity contribution in [1.29, 1.82) is 0 Å². The van der Waals surface area contributed by atoms with Crippen molar-refractivity contribution in [1.82, 2.24) is 10.6 Å². The average molecular weight is 288 g/mol. The fourth-order valence-corrected chi connectivity index (χ4v) is 1.55. The highest BCUT2D eigenvalue weighted by Crippen LogP contribution is 2.19. The maximum Gasteiger partial charge on any atom is 0.387 e. The number of ether oxygens (including phenoxy) is 1. The van der Waals surface area contributed by atoms with E-state index in [9.17, 15) is 13.6 Å². The van der Waals surface area contributed by atoms with Crippen molar-refractivity contribution in [2.24, 2.45) is 0 Å². The van der Waals surface area contributed by atoms with Crippen molar-refractivity contribution in [3.63, 3.8) is 0 Å². The first-order valence-electron chi connectivity index (χ1n) is 6.24. The number of aliphatic hydroxyl groups excluding tert-OH is 1. The monoisotopic (exact) mass is 288 g/mol. The third kappa shape index (κ3) is 5.40. The maximum absolute atomic E-state index is 12.2. The Kier molecular flexibility index (Phi) is 6.72. The number of alkyl halides is 2. The molecule has 5 nitrogen and oxygen atoms in total. The smallest absolute Gasteiger partial charge is 0.387 e. The number of halogens is 2. The summed E-state index contributed by atoms with van der Waals surface area (Å²) in [5.41, 5.74) is 0.444. The zero-order valence-corrected chi connectivity index (χ0v) is 11.1. The molecule has 1 aromatic rings. The summed E-state index contributed by atoms with van der Waals surface area (Å²) in [7, 11) is 0. The van der Waals surface area contributed by atoms with Gasteiger partial charge in [-0.3, -0.25) is 0 Å². The minimum Gasteiger partial charge on any atom is -0.434 e. The lowest BCUT2D eigenvalue weighted by Gasteiger charge is -2.15. The molecule has 2 amide bonds. The summed E-state index contributed by atoms with van der Waals surface area (Å²) >= 11 is 0. The Labute approximate surface area is 115 Å². The molecule has 0 saturated heterocycles. The van der Waals surface area contributed by atoms with Crippen LogP contribution in [0.5, 0.6) is 5.75 Å². The molecule has 0 saturated carbocycles. The first-order chi connectivity index (χ1) is 9.56. The number of urea groups is 1. The summed E-state index contributed by atoms with van der Waals surface area (Å²) in [6.45, 7) is -1.19. The Morgan fingerprint density at radius 2 is 2.10 bits per heavy atom. The Balaban J connectivity index is 2.54. The number of benzene rings is 1. The van der Waals surface area contributed by atoms with Gasteiger partial charge in [-0.1, -0.05) is 25.1 Å². The van der Waals surface area contributed by atoms with E-state index in [-0.39, 0.29) is 24.9 Å². The number of hydrogen-bond acceptors (Lipinski definition) is 3. The predicted octanol–water partition coefficient (Wildman–Crippen LogP) is 1.86. The van der Waals surface area contributed by atoms with E-state index in [1.807, 2.05) is 6.92 Å². The van der Waals surface area contributed by atoms with E-state index in [1.54, 1.807) is 18.2 Å². The summed E-state index contributed by atoms with van der Waals surface area (Å²) in [5, 5.41) is 14.0. The van der Waals surface area contributed by atoms with Gasteiger partial charge >= 0.3 is 12.6 Å². The Bertz CT molecular complexity index is 426. The molecule has 0 heterocycles. The molecule has 112 valence electrons. The summed E-state index contributed by atoms with van der Waals surface area (Å²) in [6, 6.07) is 5.42. The zero-order chi connectivity index (χ0) is 15.0. The molecule has 0 radical (unpaired) electrons. The SMILES string of the molecule is CCC(CO)NC(=O)NCc1ccccc1OC(F)F. The standard InChI is InChI=1S/C13H18F2N2O3/c1-2-10(8-18)17-13(19)16-7-9-5-3-4-6-11(9)20-12(14)15/h3-6,10,12,18H,2,7-8H2,1H3,(H2,16,17,19). The topological polar surface area (TPSA) is 70.6 Å². The van der Waals surface area contributed by atoms with Crippen molar-refractivity contribution >= 4 is 6.03 Å². The molecule has 0 aliphatic carbocycles. The van der Waals surface area contributed by atoms with Gasteiger partial charge in [0.1, 0.15) is 5.75 Å². The Morgan fingerprint density at radius 1 is 1.40 bits per heavy atom. The number of hydrogen-bond donors (Lipinski definition) is 3. The highest BCUT2D eigenvalue weighted by atomic mass is 19.3. The molecule has 0 aromatic heterocycles. The van der Waals surface area contributed by atoms with Crippen LogP contribution in [-0.4, -0.2) is 30.4 Å². The number of carbonyl (C=O) groups excluding carboxylic acids is 1. The van der Waals surface area contributed by atoms with E-state index in [4.69, 9.17) is 5.11 Å². The second-order valence-corrected chi connectivity index (χ2v) is 4.10. The number of rotatable bonds is 7. The molecule has 0 aliphatic rings. The minimum atomic E-state index is -2.91. The van der Waals surface area contributed by atoms with Crippen LogP contribution in [0.4, 0.5) is 13.6 Å². The molecule has 7 heteroatoms. The molecule has 1 rings (SSSR count). The van der Waals surface area contributed by atoms with Gasteiger partial charge in [0.25, 0.3) is 0 Å². The van der Waals surface area contributed by atoms with Crippen LogP contribution in [0, 0.1) is 0 Å². The third-order valence-electron chi connectivity index (χ3n) is 2.68. The molecule has 20 heavy (non-hydrogen) atoms. The normalized spacial score (nSPS) is 12.1. The van der Waals surface area contributed by atoms with Gasteiger partial charge in [-0.2, -0.15) is 8.78 Å². The number of carbonyl (C=O) groups is 1. The van der Waals surface area contributed by atoms with E-state index in [0.29, 0.717) is 12.0 Å². The van der Waals surface area contributed by atoms with Gasteiger partial charge < -0.3 is 20.5 Å². The molecule has 1 aromatic carbocycles. The fourth-order valence-electron chi connectivity index (χ4n) is 1.55. The highest BCUT2D eigenvalue weighted by Gasteiger charge is 2.11. The van der Waals surface area contributed by atoms with Gasteiger partial charge in [0.2, 0.25) is 0 Å². The van der Waals surface area contributed by atoms with Crippen molar-refractivity contribution < 1.29 is 23.4 Å². The molecule has 0 fully saturated rings. The molecule has 0 spiro atoms. The van der Waals surface area contributed by atoms with Crippen LogP contribution in [0.25, 0.3) is 0 Å². The zero-order valence-electron chi connectivity index (χ0n) is 11.1. The third-order valence-corrected chi connectivity index (χ3v) is 2.68. The quantitative estimate of drug-likeness (QED) is 0.717. The Morgan fingerprint density at radius 3 is 2.70 bits per heavy atom. The maximum atomic E-state index is 12.2. The number of para-hydroxylation sites is 1. The minimum absolute atomic E-state index is 0.0250. The van der Waals surface area contributed by atoms with E-state index < -0.39 is 12.6 Å². The van der Waals surface area contributed by atoms with Crippen molar-refractivity contribution in [3.8, 4) is 5.75 Å². The van der Waals surface area contributed by atoms with Gasteiger partial charge in [-0.15, -0.1) is 0 Å². The lowest BCUT2D eigenvalue weighted by Crippen LogP contribution is -2.43. The molecule has 0 bridgehead atoms. The van der Waals surface area contributed by atoms with Gasteiger partial charge in [-0.05, 0) is 12.5 Å². The second kappa shape index (κ2) is 8.31. The lowest BCUT2D eigenvalue weighted by molar-refractivity contribution is -0.0504. The molecule has 1 unspecified atom stereocenters. The molecule has 0 aliphatic heterocycles. The second-order valence-electron chi connectivity index (χ2n) is 4.10. The van der Waals surface area contributed by atoms with Crippen LogP contribution < -0.4 is 15.4 Å². The lowest BCUT2D eigenvalue weighted by atomic mass is 10.2. The van der Waals surface area contributed by atoms with Crippen LogP contribution >= 0.6 is 0 Å². The first kappa shape index (κ1) is 16.2. The summed E-state index contributed by atoms with van der Waals surface area (Å²) in [5.74, 6) is 0.0250. The van der Waals surface area contributed by atoms with Crippen molar-refractivity contribution in [2.45, 2.75) is 32.5 Å². The van der Waals surface area contributed by atoms with Crippen LogP contribution in [0.3, 0.4) is 0 Å². The number of nitrogens with one attached hydrogen (secondary N) is 2. The predicted molar refractivity (Wildman–Crippen MR) is 69.6 cm³/mol. The van der Waals surface area contributed by atoms with E-state index in [1.165, 1.54) is 6.07 Å². The highest BCUT2D eigenvalue weighted by molar-refractivity contribution is 5.74. The van der Waals surface area contributed by atoms with E-state index in [0.717, 1.165) is 0 Å². The van der Waals surface area contributed by atoms with Gasteiger partial charge in [0.15, 0.2) is 0 Å². The van der Waals surface area contributed by atoms with Gasteiger partial charge in [0.05, 0.1) is 12.6 Å².